The van der Waals surface area contributed by atoms with Gasteiger partial charge in [-0.15, -0.1) is 0 Å². The molecule has 2 aromatic rings. The molecule has 7 heteroatoms. The normalized spacial score (nSPS) is 17.6. The molecular weight excluding hydrogens is 332 g/mol. The van der Waals surface area contributed by atoms with Crippen LogP contribution in [0.25, 0.3) is 0 Å². The molecule has 0 amide bonds. The summed E-state index contributed by atoms with van der Waals surface area (Å²) in [7, 11) is 0. The second-order valence-corrected chi connectivity index (χ2v) is 7.28. The molecule has 1 saturated heterocycles. The quantitative estimate of drug-likeness (QED) is 0.895. The van der Waals surface area contributed by atoms with E-state index in [1.54, 1.807) is 26.2 Å². The minimum atomic E-state index is -0.915. The van der Waals surface area contributed by atoms with Crippen LogP contribution in [-0.4, -0.2) is 52.9 Å². The van der Waals surface area contributed by atoms with Gasteiger partial charge in [0.05, 0.1) is 5.60 Å². The van der Waals surface area contributed by atoms with Gasteiger partial charge >= 0.3 is 0 Å². The third-order valence-electron chi connectivity index (χ3n) is 4.84. The predicted octanol–water partition coefficient (Wildman–Crippen LogP) is 1.75. The molecule has 1 aromatic carbocycles. The van der Waals surface area contributed by atoms with Gasteiger partial charge in [0.1, 0.15) is 0 Å². The molecule has 138 valence electrons. The van der Waals surface area contributed by atoms with Gasteiger partial charge in [-0.2, -0.15) is 0 Å². The molecule has 2 aliphatic rings. The molecule has 0 bridgehead atoms. The summed E-state index contributed by atoms with van der Waals surface area (Å²) < 4.78 is 10.8. The Morgan fingerprint density at radius 3 is 2.42 bits per heavy atom. The second-order valence-electron chi connectivity index (χ2n) is 7.28. The van der Waals surface area contributed by atoms with Gasteiger partial charge in [-0.25, -0.2) is 9.97 Å². The number of piperazine rings is 1. The molecule has 0 spiro atoms. The fraction of sp³-hybridized carbons (Fsp3) is 0.474. The summed E-state index contributed by atoms with van der Waals surface area (Å²) >= 11 is 0. The number of benzene rings is 1. The minimum absolute atomic E-state index is 0.309. The lowest BCUT2D eigenvalue weighted by molar-refractivity contribution is 0.0778. The van der Waals surface area contributed by atoms with E-state index in [0.717, 1.165) is 55.7 Å². The Kier molecular flexibility index (Phi) is 4.42. The van der Waals surface area contributed by atoms with E-state index in [-0.39, 0.29) is 0 Å². The lowest BCUT2D eigenvalue weighted by Crippen LogP contribution is -2.46. The molecule has 1 fully saturated rings. The summed E-state index contributed by atoms with van der Waals surface area (Å²) in [5.41, 5.74) is 1.04. The summed E-state index contributed by atoms with van der Waals surface area (Å²) in [4.78, 5) is 13.4. The summed E-state index contributed by atoms with van der Waals surface area (Å²) in [6, 6.07) is 6.14. The summed E-state index contributed by atoms with van der Waals surface area (Å²) in [5.74, 6) is 2.38. The molecule has 2 aliphatic heterocycles. The van der Waals surface area contributed by atoms with E-state index >= 15 is 0 Å². The second kappa shape index (κ2) is 6.74. The topological polar surface area (TPSA) is 71.0 Å². The van der Waals surface area contributed by atoms with Crippen LogP contribution in [0.15, 0.2) is 30.6 Å². The van der Waals surface area contributed by atoms with E-state index in [9.17, 15) is 5.11 Å². The molecule has 1 aromatic heterocycles. The maximum Gasteiger partial charge on any atom is 0.231 e. The number of nitrogens with zero attached hydrogens (tertiary/aromatic N) is 4. The third kappa shape index (κ3) is 3.59. The van der Waals surface area contributed by atoms with Gasteiger partial charge in [0.2, 0.25) is 12.7 Å². The van der Waals surface area contributed by atoms with Crippen LogP contribution < -0.4 is 14.4 Å². The molecule has 0 unspecified atom stereocenters. The first-order valence-electron chi connectivity index (χ1n) is 8.90. The highest BCUT2D eigenvalue weighted by molar-refractivity contribution is 5.44. The first-order valence-corrected chi connectivity index (χ1v) is 8.90. The number of ether oxygens (including phenoxy) is 2. The minimum Gasteiger partial charge on any atom is -0.454 e. The Hall–Kier alpha value is -2.38. The summed E-state index contributed by atoms with van der Waals surface area (Å²) in [6.45, 7) is 8.34. The molecule has 0 atom stereocenters. The van der Waals surface area contributed by atoms with E-state index in [1.165, 1.54) is 5.56 Å². The molecule has 1 N–H and O–H groups in total. The first kappa shape index (κ1) is 17.1. The van der Waals surface area contributed by atoms with Crippen molar-refractivity contribution in [3.05, 3.63) is 41.7 Å². The number of hydrogen-bond acceptors (Lipinski definition) is 7. The van der Waals surface area contributed by atoms with Crippen LogP contribution in [0.1, 0.15) is 25.0 Å². The van der Waals surface area contributed by atoms with Crippen LogP contribution in [0.2, 0.25) is 0 Å². The largest absolute Gasteiger partial charge is 0.454 e. The van der Waals surface area contributed by atoms with Gasteiger partial charge in [-0.3, -0.25) is 4.90 Å². The third-order valence-corrected chi connectivity index (χ3v) is 4.84. The SMILES string of the molecule is CC(C)(O)c1cnc(N2CCN(Cc3ccc4c(c3)OCO4)CC2)nc1. The molecule has 0 saturated carbocycles. The number of aliphatic hydroxyl groups is 1. The van der Waals surface area contributed by atoms with E-state index in [1.807, 2.05) is 6.07 Å². The number of fused-ring (bicyclic) bond motifs is 1. The first-order chi connectivity index (χ1) is 12.5. The molecule has 4 rings (SSSR count). The molecule has 7 nitrogen and oxygen atoms in total. The number of aromatic nitrogens is 2. The van der Waals surface area contributed by atoms with Gasteiger partial charge in [-0.1, -0.05) is 6.07 Å². The Bertz CT molecular complexity index is 765. The Labute approximate surface area is 153 Å². The number of anilines is 1. The van der Waals surface area contributed by atoms with Crippen LogP contribution in [0.3, 0.4) is 0 Å². The van der Waals surface area contributed by atoms with Crippen LogP contribution in [0, 0.1) is 0 Å². The zero-order valence-electron chi connectivity index (χ0n) is 15.2. The van der Waals surface area contributed by atoms with Crippen LogP contribution in [0.5, 0.6) is 11.5 Å². The van der Waals surface area contributed by atoms with Crippen molar-refractivity contribution in [3.63, 3.8) is 0 Å². The molecular formula is C19H24N4O3. The molecule has 0 radical (unpaired) electrons. The van der Waals surface area contributed by atoms with Crippen molar-refractivity contribution in [2.45, 2.75) is 26.0 Å². The molecule has 0 aliphatic carbocycles. The van der Waals surface area contributed by atoms with Crippen molar-refractivity contribution in [3.8, 4) is 11.5 Å². The van der Waals surface area contributed by atoms with Crippen LogP contribution in [-0.2, 0) is 12.1 Å². The Balaban J connectivity index is 1.34. The van der Waals surface area contributed by atoms with E-state index < -0.39 is 5.60 Å². The van der Waals surface area contributed by atoms with E-state index in [4.69, 9.17) is 9.47 Å². The highest BCUT2D eigenvalue weighted by Crippen LogP contribution is 2.32. The van der Waals surface area contributed by atoms with Crippen molar-refractivity contribution in [2.75, 3.05) is 37.9 Å². The monoisotopic (exact) mass is 356 g/mol. The Morgan fingerprint density at radius 1 is 1.04 bits per heavy atom. The van der Waals surface area contributed by atoms with Gasteiger partial charge in [0.15, 0.2) is 11.5 Å². The van der Waals surface area contributed by atoms with Gasteiger partial charge in [-0.05, 0) is 31.5 Å². The van der Waals surface area contributed by atoms with Crippen LogP contribution in [0.4, 0.5) is 5.95 Å². The van der Waals surface area contributed by atoms with Crippen molar-refractivity contribution < 1.29 is 14.6 Å². The van der Waals surface area contributed by atoms with Gasteiger partial charge in [0.25, 0.3) is 0 Å². The van der Waals surface area contributed by atoms with E-state index in [2.05, 4.69) is 31.9 Å². The lowest BCUT2D eigenvalue weighted by atomic mass is 10.0. The summed E-state index contributed by atoms with van der Waals surface area (Å²) in [5, 5.41) is 10.0. The van der Waals surface area contributed by atoms with Crippen molar-refractivity contribution >= 4 is 5.95 Å². The van der Waals surface area contributed by atoms with Gasteiger partial charge in [0, 0.05) is 50.7 Å². The predicted molar refractivity (Wildman–Crippen MR) is 97.3 cm³/mol. The molecule has 3 heterocycles. The highest BCUT2D eigenvalue weighted by Gasteiger charge is 2.22. The zero-order valence-corrected chi connectivity index (χ0v) is 15.2. The van der Waals surface area contributed by atoms with Crippen molar-refractivity contribution in [2.24, 2.45) is 0 Å². The molecule has 26 heavy (non-hydrogen) atoms. The standard InChI is InChI=1S/C19H24N4O3/c1-19(2,24)15-10-20-18(21-11-15)23-7-5-22(6-8-23)12-14-3-4-16-17(9-14)26-13-25-16/h3-4,9-11,24H,5-8,12-13H2,1-2H3. The fourth-order valence-corrected chi connectivity index (χ4v) is 3.20. The van der Waals surface area contributed by atoms with Crippen LogP contribution >= 0.6 is 0 Å². The zero-order chi connectivity index (χ0) is 18.1. The summed E-state index contributed by atoms with van der Waals surface area (Å²) in [6.07, 6.45) is 3.42. The number of rotatable bonds is 4. The lowest BCUT2D eigenvalue weighted by Gasteiger charge is -2.34. The average Bonchev–Trinajstić information content (AvgIpc) is 3.10. The Morgan fingerprint density at radius 2 is 1.73 bits per heavy atom. The van der Waals surface area contributed by atoms with E-state index in [0.29, 0.717) is 6.79 Å². The maximum atomic E-state index is 10.0. The smallest absolute Gasteiger partial charge is 0.231 e. The van der Waals surface area contributed by atoms with Crippen molar-refractivity contribution in [1.82, 2.24) is 14.9 Å². The number of hydrogen-bond donors (Lipinski definition) is 1. The average molecular weight is 356 g/mol. The maximum absolute atomic E-state index is 10.0. The van der Waals surface area contributed by atoms with Gasteiger partial charge < -0.3 is 19.5 Å². The van der Waals surface area contributed by atoms with Crippen molar-refractivity contribution in [1.29, 1.82) is 0 Å². The highest BCUT2D eigenvalue weighted by atomic mass is 16.7. The fourth-order valence-electron chi connectivity index (χ4n) is 3.20.